The molecule has 0 saturated heterocycles. The first kappa shape index (κ1) is 11.2. The second-order valence-corrected chi connectivity index (χ2v) is 4.45. The van der Waals surface area contributed by atoms with Crippen LogP contribution in [-0.4, -0.2) is 6.79 Å². The first-order chi connectivity index (χ1) is 8.70. The van der Waals surface area contributed by atoms with Gasteiger partial charge in [-0.25, -0.2) is 4.39 Å². The number of ether oxygens (including phenoxy) is 2. The van der Waals surface area contributed by atoms with Crippen LogP contribution in [0.15, 0.2) is 48.5 Å². The highest BCUT2D eigenvalue weighted by Crippen LogP contribution is 2.41. The van der Waals surface area contributed by atoms with Crippen molar-refractivity contribution in [3.8, 4) is 5.75 Å². The molecule has 0 aliphatic carbocycles. The lowest BCUT2D eigenvalue weighted by Gasteiger charge is -2.36. The molecule has 1 aliphatic heterocycles. The molecule has 0 fully saturated rings. The molecule has 0 aromatic heterocycles. The van der Waals surface area contributed by atoms with E-state index in [1.807, 2.05) is 37.3 Å². The molecule has 1 unspecified atom stereocenters. The average molecular weight is 244 g/mol. The minimum absolute atomic E-state index is 0.171. The fourth-order valence-electron chi connectivity index (χ4n) is 2.28. The Morgan fingerprint density at radius 2 is 1.89 bits per heavy atom. The van der Waals surface area contributed by atoms with E-state index in [9.17, 15) is 4.39 Å². The van der Waals surface area contributed by atoms with Crippen LogP contribution in [0.25, 0.3) is 0 Å². The Morgan fingerprint density at radius 1 is 1.11 bits per heavy atom. The fraction of sp³-hybridized carbons (Fsp3) is 0.200. The fourth-order valence-corrected chi connectivity index (χ4v) is 2.28. The summed E-state index contributed by atoms with van der Waals surface area (Å²) >= 11 is 0. The smallest absolute Gasteiger partial charge is 0.190 e. The molecule has 2 nitrogen and oxygen atoms in total. The van der Waals surface area contributed by atoms with Crippen LogP contribution in [0.1, 0.15) is 18.1 Å². The van der Waals surface area contributed by atoms with Gasteiger partial charge < -0.3 is 9.47 Å². The molecule has 3 rings (SSSR count). The van der Waals surface area contributed by atoms with Crippen LogP contribution >= 0.6 is 0 Å². The number of fused-ring (bicyclic) bond motifs is 1. The summed E-state index contributed by atoms with van der Waals surface area (Å²) in [5.74, 6) is 0.388. The van der Waals surface area contributed by atoms with E-state index in [1.54, 1.807) is 6.07 Å². The minimum Gasteiger partial charge on any atom is -0.467 e. The summed E-state index contributed by atoms with van der Waals surface area (Å²) in [6.45, 7) is 2.10. The van der Waals surface area contributed by atoms with Crippen LogP contribution in [0.2, 0.25) is 0 Å². The average Bonchev–Trinajstić information content (AvgIpc) is 2.41. The summed E-state index contributed by atoms with van der Waals surface area (Å²) in [6.07, 6.45) is 0. The second-order valence-electron chi connectivity index (χ2n) is 4.45. The van der Waals surface area contributed by atoms with Crippen molar-refractivity contribution >= 4 is 0 Å². The third-order valence-corrected chi connectivity index (χ3v) is 3.34. The number of hydrogen-bond donors (Lipinski definition) is 0. The van der Waals surface area contributed by atoms with Crippen molar-refractivity contribution in [2.45, 2.75) is 12.5 Å². The summed E-state index contributed by atoms with van der Waals surface area (Å²) in [6, 6.07) is 14.3. The molecule has 1 atom stereocenters. The molecule has 1 aliphatic rings. The Morgan fingerprint density at radius 3 is 2.67 bits per heavy atom. The van der Waals surface area contributed by atoms with E-state index >= 15 is 0 Å². The van der Waals surface area contributed by atoms with Gasteiger partial charge in [0.2, 0.25) is 0 Å². The van der Waals surface area contributed by atoms with Crippen molar-refractivity contribution in [1.29, 1.82) is 0 Å². The van der Waals surface area contributed by atoms with Gasteiger partial charge in [0.1, 0.15) is 17.2 Å². The molecule has 2 aromatic carbocycles. The van der Waals surface area contributed by atoms with Crippen LogP contribution < -0.4 is 4.74 Å². The largest absolute Gasteiger partial charge is 0.467 e. The van der Waals surface area contributed by atoms with Crippen molar-refractivity contribution < 1.29 is 13.9 Å². The van der Waals surface area contributed by atoms with Crippen LogP contribution in [0.5, 0.6) is 5.75 Å². The molecular weight excluding hydrogens is 231 g/mol. The highest BCUT2D eigenvalue weighted by atomic mass is 19.1. The molecule has 0 N–H and O–H groups in total. The molecule has 0 spiro atoms. The predicted molar refractivity (Wildman–Crippen MR) is 65.9 cm³/mol. The van der Waals surface area contributed by atoms with Crippen molar-refractivity contribution in [2.75, 3.05) is 6.79 Å². The van der Waals surface area contributed by atoms with Gasteiger partial charge in [0.05, 0.1) is 0 Å². The van der Waals surface area contributed by atoms with Gasteiger partial charge in [0, 0.05) is 5.56 Å². The summed E-state index contributed by atoms with van der Waals surface area (Å²) in [5, 5.41) is 0. The summed E-state index contributed by atoms with van der Waals surface area (Å²) < 4.78 is 24.6. The number of rotatable bonds is 1. The van der Waals surface area contributed by atoms with Gasteiger partial charge in [-0.15, -0.1) is 0 Å². The quantitative estimate of drug-likeness (QED) is 0.764. The van der Waals surface area contributed by atoms with Crippen molar-refractivity contribution in [3.05, 3.63) is 65.5 Å². The molecule has 18 heavy (non-hydrogen) atoms. The van der Waals surface area contributed by atoms with Crippen molar-refractivity contribution in [3.63, 3.8) is 0 Å². The van der Waals surface area contributed by atoms with E-state index in [0.717, 1.165) is 11.1 Å². The lowest BCUT2D eigenvalue weighted by atomic mass is 9.87. The Balaban J connectivity index is 2.18. The maximum atomic E-state index is 13.4. The third kappa shape index (κ3) is 1.68. The van der Waals surface area contributed by atoms with Gasteiger partial charge in [-0.05, 0) is 30.7 Å². The van der Waals surface area contributed by atoms with E-state index in [4.69, 9.17) is 9.47 Å². The molecule has 0 saturated carbocycles. The van der Waals surface area contributed by atoms with Crippen LogP contribution in [0.4, 0.5) is 4.39 Å². The van der Waals surface area contributed by atoms with E-state index in [1.165, 1.54) is 12.1 Å². The number of hydrogen-bond acceptors (Lipinski definition) is 2. The van der Waals surface area contributed by atoms with Crippen molar-refractivity contribution in [1.82, 2.24) is 0 Å². The molecule has 0 radical (unpaired) electrons. The molecule has 3 heteroatoms. The number of halogens is 1. The zero-order valence-electron chi connectivity index (χ0n) is 10.0. The van der Waals surface area contributed by atoms with Gasteiger partial charge in [-0.3, -0.25) is 0 Å². The van der Waals surface area contributed by atoms with Crippen LogP contribution in [0.3, 0.4) is 0 Å². The first-order valence-corrected chi connectivity index (χ1v) is 5.82. The van der Waals surface area contributed by atoms with E-state index < -0.39 is 5.60 Å². The molecule has 1 heterocycles. The maximum Gasteiger partial charge on any atom is 0.190 e. The Bertz CT molecular complexity index is 568. The Kier molecular flexibility index (Phi) is 2.56. The molecular formula is C15H13FO2. The summed E-state index contributed by atoms with van der Waals surface area (Å²) in [5.41, 5.74) is 1.04. The molecule has 2 aromatic rings. The van der Waals surface area contributed by atoms with Gasteiger partial charge in [0.15, 0.2) is 6.79 Å². The van der Waals surface area contributed by atoms with Gasteiger partial charge >= 0.3 is 0 Å². The van der Waals surface area contributed by atoms with Crippen LogP contribution in [0, 0.1) is 5.82 Å². The summed E-state index contributed by atoms with van der Waals surface area (Å²) in [4.78, 5) is 0. The van der Waals surface area contributed by atoms with E-state index in [-0.39, 0.29) is 12.6 Å². The highest BCUT2D eigenvalue weighted by molar-refractivity contribution is 5.45. The third-order valence-electron chi connectivity index (χ3n) is 3.34. The monoisotopic (exact) mass is 244 g/mol. The Hall–Kier alpha value is -1.87. The zero-order valence-corrected chi connectivity index (χ0v) is 10.0. The minimum atomic E-state index is -0.670. The van der Waals surface area contributed by atoms with Crippen molar-refractivity contribution in [2.24, 2.45) is 0 Å². The molecule has 92 valence electrons. The Labute approximate surface area is 105 Å². The highest BCUT2D eigenvalue weighted by Gasteiger charge is 2.36. The van der Waals surface area contributed by atoms with E-state index in [0.29, 0.717) is 5.75 Å². The number of benzene rings is 2. The van der Waals surface area contributed by atoms with Gasteiger partial charge in [-0.2, -0.15) is 0 Å². The predicted octanol–water partition coefficient (Wildman–Crippen LogP) is 3.46. The normalized spacial score (nSPS) is 22.1. The van der Waals surface area contributed by atoms with E-state index in [2.05, 4.69) is 0 Å². The zero-order chi connectivity index (χ0) is 12.6. The van der Waals surface area contributed by atoms with Gasteiger partial charge in [0.25, 0.3) is 0 Å². The van der Waals surface area contributed by atoms with Gasteiger partial charge in [-0.1, -0.05) is 30.3 Å². The van der Waals surface area contributed by atoms with Crippen LogP contribution in [-0.2, 0) is 10.3 Å². The lowest BCUT2D eigenvalue weighted by Crippen LogP contribution is -2.34. The first-order valence-electron chi connectivity index (χ1n) is 5.82. The second kappa shape index (κ2) is 4.10. The lowest BCUT2D eigenvalue weighted by molar-refractivity contribution is -0.0995. The molecule has 0 amide bonds. The summed E-state index contributed by atoms with van der Waals surface area (Å²) in [7, 11) is 0. The SMILES string of the molecule is CC1(c2ccccc2)OCOc2ccc(F)cc21. The topological polar surface area (TPSA) is 18.5 Å². The maximum absolute atomic E-state index is 13.4. The molecule has 0 bridgehead atoms. The standard InChI is InChI=1S/C15H13FO2/c1-15(11-5-3-2-4-6-11)13-9-12(16)7-8-14(13)17-10-18-15/h2-9H,10H2,1H3.